The molecule has 2 heterocycles. The van der Waals surface area contributed by atoms with Gasteiger partial charge in [-0.3, -0.25) is 14.3 Å². The van der Waals surface area contributed by atoms with Gasteiger partial charge in [-0.15, -0.1) is 10.2 Å². The average Bonchev–Trinajstić information content (AvgIpc) is 2.90. The summed E-state index contributed by atoms with van der Waals surface area (Å²) in [5.74, 6) is 1.97. The van der Waals surface area contributed by atoms with E-state index in [2.05, 4.69) is 10.2 Å². The molecule has 2 aromatic carbocycles. The second-order valence-corrected chi connectivity index (χ2v) is 5.57. The largest absolute Gasteiger partial charge is 0.495 e. The maximum atomic E-state index is 13.0. The minimum absolute atomic E-state index is 0.0712. The van der Waals surface area contributed by atoms with E-state index >= 15 is 0 Å². The lowest BCUT2D eigenvalue weighted by Crippen LogP contribution is -2.27. The number of amides is 1. The minimum Gasteiger partial charge on any atom is -0.495 e. The van der Waals surface area contributed by atoms with Crippen molar-refractivity contribution in [3.8, 4) is 11.4 Å². The van der Waals surface area contributed by atoms with Crippen LogP contribution in [0, 0.1) is 6.92 Å². The first-order chi connectivity index (χ1) is 11.7. The Morgan fingerprint density at radius 1 is 0.958 bits per heavy atom. The Balaban J connectivity index is 1.99. The molecule has 6 nitrogen and oxygen atoms in total. The van der Waals surface area contributed by atoms with Crippen molar-refractivity contribution in [3.63, 3.8) is 0 Å². The fourth-order valence-corrected chi connectivity index (χ4v) is 3.10. The van der Waals surface area contributed by atoms with Crippen molar-refractivity contribution >= 4 is 17.3 Å². The minimum atomic E-state index is -0.0712. The van der Waals surface area contributed by atoms with Crippen LogP contribution >= 0.6 is 0 Å². The zero-order valence-electron chi connectivity index (χ0n) is 13.4. The molecule has 1 amide bonds. The van der Waals surface area contributed by atoms with Crippen LogP contribution in [0.25, 0.3) is 5.69 Å². The normalized spacial score (nSPS) is 13.2. The van der Waals surface area contributed by atoms with Gasteiger partial charge in [0, 0.05) is 0 Å². The summed E-state index contributed by atoms with van der Waals surface area (Å²) in [6.45, 7) is 1.89. The van der Waals surface area contributed by atoms with Crippen LogP contribution in [-0.4, -0.2) is 27.8 Å². The van der Waals surface area contributed by atoms with Gasteiger partial charge in [-0.2, -0.15) is 0 Å². The third-order valence-electron chi connectivity index (χ3n) is 4.14. The van der Waals surface area contributed by atoms with Gasteiger partial charge in [0.25, 0.3) is 0 Å². The smallest absolute Gasteiger partial charge is 0.239 e. The lowest BCUT2D eigenvalue weighted by molar-refractivity contribution is -0.117. The molecular weight excluding hydrogens is 304 g/mol. The van der Waals surface area contributed by atoms with Crippen molar-refractivity contribution in [2.75, 3.05) is 12.0 Å². The van der Waals surface area contributed by atoms with Crippen LogP contribution in [0.15, 0.2) is 48.5 Å². The molecule has 0 saturated carbocycles. The Hall–Kier alpha value is -3.15. The van der Waals surface area contributed by atoms with Crippen molar-refractivity contribution in [1.29, 1.82) is 0 Å². The summed E-state index contributed by atoms with van der Waals surface area (Å²) >= 11 is 0. The van der Waals surface area contributed by atoms with E-state index in [1.54, 1.807) is 12.0 Å². The molecular formula is C18H16N4O2. The number of nitrogens with zero attached hydrogens (tertiary/aromatic N) is 4. The summed E-state index contributed by atoms with van der Waals surface area (Å²) in [5, 5.41) is 8.29. The van der Waals surface area contributed by atoms with E-state index in [-0.39, 0.29) is 12.3 Å². The number of benzene rings is 2. The number of para-hydroxylation sites is 4. The Kier molecular flexibility index (Phi) is 3.30. The van der Waals surface area contributed by atoms with Gasteiger partial charge in [0.15, 0.2) is 0 Å². The van der Waals surface area contributed by atoms with Crippen LogP contribution in [0.5, 0.6) is 5.75 Å². The lowest BCUT2D eigenvalue weighted by Gasteiger charge is -2.24. The molecule has 0 saturated heterocycles. The number of rotatable bonds is 2. The third kappa shape index (κ3) is 2.07. The second-order valence-electron chi connectivity index (χ2n) is 5.57. The van der Waals surface area contributed by atoms with E-state index in [0.29, 0.717) is 17.3 Å². The quantitative estimate of drug-likeness (QED) is 0.728. The molecule has 0 fully saturated rings. The monoisotopic (exact) mass is 320 g/mol. The third-order valence-corrected chi connectivity index (χ3v) is 4.14. The van der Waals surface area contributed by atoms with Crippen LogP contribution in [0.4, 0.5) is 11.4 Å². The van der Waals surface area contributed by atoms with Crippen molar-refractivity contribution in [1.82, 2.24) is 14.8 Å². The number of hydrogen-bond donors (Lipinski definition) is 0. The van der Waals surface area contributed by atoms with Crippen LogP contribution in [0.3, 0.4) is 0 Å². The van der Waals surface area contributed by atoms with Crippen LogP contribution < -0.4 is 9.64 Å². The SMILES string of the molecule is COc1ccccc1N1C(=O)Cc2nnc(C)n2-c2ccccc21. The summed E-state index contributed by atoms with van der Waals surface area (Å²) in [5.41, 5.74) is 2.38. The number of aromatic nitrogens is 3. The Morgan fingerprint density at radius 3 is 2.38 bits per heavy atom. The van der Waals surface area contributed by atoms with E-state index in [0.717, 1.165) is 17.2 Å². The zero-order chi connectivity index (χ0) is 16.7. The Bertz CT molecular complexity index is 932. The Labute approximate surface area is 139 Å². The van der Waals surface area contributed by atoms with Gasteiger partial charge in [-0.05, 0) is 31.2 Å². The number of anilines is 2. The van der Waals surface area contributed by atoms with E-state index in [1.807, 2.05) is 60.0 Å². The molecule has 0 spiro atoms. The first-order valence-electron chi connectivity index (χ1n) is 7.67. The van der Waals surface area contributed by atoms with Crippen molar-refractivity contribution in [2.45, 2.75) is 13.3 Å². The molecule has 0 bridgehead atoms. The molecule has 0 aliphatic carbocycles. The van der Waals surface area contributed by atoms with Gasteiger partial charge >= 0.3 is 0 Å². The first kappa shape index (κ1) is 14.4. The molecule has 1 aliphatic heterocycles. The molecule has 4 rings (SSSR count). The number of aryl methyl sites for hydroxylation is 1. The number of methoxy groups -OCH3 is 1. The summed E-state index contributed by atoms with van der Waals surface area (Å²) in [6.07, 6.45) is 0.174. The van der Waals surface area contributed by atoms with Gasteiger partial charge in [-0.25, -0.2) is 0 Å². The fraction of sp³-hybridized carbons (Fsp3) is 0.167. The number of carbonyl (C=O) groups is 1. The summed E-state index contributed by atoms with van der Waals surface area (Å²) < 4.78 is 7.39. The standard InChI is InChI=1S/C18H16N4O2/c1-12-19-20-17-11-18(23)22(15-9-5-6-10-16(15)24-2)14-8-4-3-7-13(14)21(12)17/h3-10H,11H2,1-2H3. The van der Waals surface area contributed by atoms with Gasteiger partial charge < -0.3 is 4.74 Å². The fourth-order valence-electron chi connectivity index (χ4n) is 3.10. The van der Waals surface area contributed by atoms with Crippen LogP contribution in [0.2, 0.25) is 0 Å². The number of carbonyl (C=O) groups excluding carboxylic acids is 1. The van der Waals surface area contributed by atoms with Gasteiger partial charge in [0.2, 0.25) is 5.91 Å². The van der Waals surface area contributed by atoms with Crippen molar-refractivity contribution in [3.05, 3.63) is 60.2 Å². The van der Waals surface area contributed by atoms with Crippen LogP contribution in [-0.2, 0) is 11.2 Å². The lowest BCUT2D eigenvalue weighted by atomic mass is 10.2. The molecule has 1 aliphatic rings. The highest BCUT2D eigenvalue weighted by molar-refractivity contribution is 6.05. The highest BCUT2D eigenvalue weighted by Gasteiger charge is 2.30. The molecule has 0 unspecified atom stereocenters. The highest BCUT2D eigenvalue weighted by atomic mass is 16.5. The predicted octanol–water partition coefficient (Wildman–Crippen LogP) is 2.81. The second kappa shape index (κ2) is 5.49. The first-order valence-corrected chi connectivity index (χ1v) is 7.67. The molecule has 6 heteroatoms. The molecule has 0 radical (unpaired) electrons. The number of fused-ring (bicyclic) bond motifs is 3. The van der Waals surface area contributed by atoms with Gasteiger partial charge in [0.05, 0.1) is 30.6 Å². The molecule has 3 aromatic rings. The summed E-state index contributed by atoms with van der Waals surface area (Å²) in [4.78, 5) is 14.7. The highest BCUT2D eigenvalue weighted by Crippen LogP contribution is 2.39. The topological polar surface area (TPSA) is 60.2 Å². The summed E-state index contributed by atoms with van der Waals surface area (Å²) in [7, 11) is 1.60. The number of hydrogen-bond acceptors (Lipinski definition) is 4. The van der Waals surface area contributed by atoms with Crippen molar-refractivity contribution in [2.24, 2.45) is 0 Å². The van der Waals surface area contributed by atoms with Crippen LogP contribution in [0.1, 0.15) is 11.6 Å². The Morgan fingerprint density at radius 2 is 1.62 bits per heavy atom. The molecule has 0 N–H and O–H groups in total. The van der Waals surface area contributed by atoms with E-state index < -0.39 is 0 Å². The zero-order valence-corrected chi connectivity index (χ0v) is 13.4. The van der Waals surface area contributed by atoms with E-state index in [9.17, 15) is 4.79 Å². The average molecular weight is 320 g/mol. The molecule has 24 heavy (non-hydrogen) atoms. The molecule has 120 valence electrons. The predicted molar refractivity (Wildman–Crippen MR) is 89.9 cm³/mol. The maximum Gasteiger partial charge on any atom is 0.239 e. The van der Waals surface area contributed by atoms with Gasteiger partial charge in [0.1, 0.15) is 17.4 Å². The maximum absolute atomic E-state index is 13.0. The number of ether oxygens (including phenoxy) is 1. The molecule has 1 aromatic heterocycles. The van der Waals surface area contributed by atoms with E-state index in [1.165, 1.54) is 0 Å². The van der Waals surface area contributed by atoms with Gasteiger partial charge in [-0.1, -0.05) is 24.3 Å². The molecule has 0 atom stereocenters. The van der Waals surface area contributed by atoms with Crippen molar-refractivity contribution < 1.29 is 9.53 Å². The van der Waals surface area contributed by atoms with E-state index in [4.69, 9.17) is 4.74 Å². The summed E-state index contributed by atoms with van der Waals surface area (Å²) in [6, 6.07) is 15.3.